The number of aromatic nitrogens is 2. The van der Waals surface area contributed by atoms with Gasteiger partial charge in [-0.25, -0.2) is 9.37 Å². The van der Waals surface area contributed by atoms with Crippen LogP contribution in [-0.4, -0.2) is 9.55 Å². The minimum absolute atomic E-state index is 0.203. The van der Waals surface area contributed by atoms with E-state index < -0.39 is 0 Å². The maximum atomic E-state index is 13.2. The molecule has 0 amide bonds. The number of fused-ring (bicyclic) bond motifs is 1. The zero-order valence-corrected chi connectivity index (χ0v) is 8.99. The van der Waals surface area contributed by atoms with Gasteiger partial charge in [0.2, 0.25) is 0 Å². The summed E-state index contributed by atoms with van der Waals surface area (Å²) in [7, 11) is 0. The number of benzene rings is 1. The molecule has 0 N–H and O–H groups in total. The Hall–Kier alpha value is -1.64. The summed E-state index contributed by atoms with van der Waals surface area (Å²) in [5.41, 5.74) is 2.14. The smallest absolute Gasteiger partial charge is 0.140 e. The Bertz CT molecular complexity index is 516. The molecule has 0 saturated carbocycles. The summed E-state index contributed by atoms with van der Waals surface area (Å²) in [6.07, 6.45) is 5.42. The maximum absolute atomic E-state index is 13.2. The molecule has 0 bridgehead atoms. The van der Waals surface area contributed by atoms with E-state index in [1.54, 1.807) is 12.1 Å². The van der Waals surface area contributed by atoms with Crippen LogP contribution in [0.1, 0.15) is 18.5 Å². The zero-order valence-electron chi connectivity index (χ0n) is 8.99. The van der Waals surface area contributed by atoms with Crippen molar-refractivity contribution in [3.05, 3.63) is 42.0 Å². The highest BCUT2D eigenvalue weighted by molar-refractivity contribution is 5.56. The summed E-state index contributed by atoms with van der Waals surface area (Å²) < 4.78 is 15.4. The molecule has 0 unspecified atom stereocenters. The Morgan fingerprint density at radius 3 is 3.06 bits per heavy atom. The van der Waals surface area contributed by atoms with Crippen molar-refractivity contribution in [3.8, 4) is 11.4 Å². The molecule has 3 rings (SSSR count). The summed E-state index contributed by atoms with van der Waals surface area (Å²) in [4.78, 5) is 4.41. The van der Waals surface area contributed by atoms with Crippen molar-refractivity contribution in [1.29, 1.82) is 0 Å². The van der Waals surface area contributed by atoms with E-state index in [0.29, 0.717) is 0 Å². The lowest BCUT2D eigenvalue weighted by molar-refractivity contribution is 0.536. The first kappa shape index (κ1) is 9.58. The minimum atomic E-state index is -0.203. The SMILES string of the molecule is Fc1cccc(-c2ncc3n2CCCC3)c1. The second-order valence-corrected chi connectivity index (χ2v) is 4.19. The quantitative estimate of drug-likeness (QED) is 0.716. The first-order chi connectivity index (χ1) is 7.84. The molecule has 1 aromatic carbocycles. The number of nitrogens with zero attached hydrogens (tertiary/aromatic N) is 2. The van der Waals surface area contributed by atoms with E-state index in [4.69, 9.17) is 0 Å². The largest absolute Gasteiger partial charge is 0.328 e. The number of hydrogen-bond donors (Lipinski definition) is 0. The third kappa shape index (κ3) is 1.52. The van der Waals surface area contributed by atoms with Gasteiger partial charge < -0.3 is 4.57 Å². The molecule has 1 aliphatic heterocycles. The van der Waals surface area contributed by atoms with Crippen molar-refractivity contribution < 1.29 is 4.39 Å². The molecule has 3 heteroatoms. The lowest BCUT2D eigenvalue weighted by atomic mass is 10.1. The Balaban J connectivity index is 2.09. The fraction of sp³-hybridized carbons (Fsp3) is 0.308. The van der Waals surface area contributed by atoms with Gasteiger partial charge in [-0.05, 0) is 31.4 Å². The minimum Gasteiger partial charge on any atom is -0.328 e. The lowest BCUT2D eigenvalue weighted by Gasteiger charge is -2.16. The van der Waals surface area contributed by atoms with Crippen LogP contribution in [-0.2, 0) is 13.0 Å². The summed E-state index contributed by atoms with van der Waals surface area (Å²) in [5, 5.41) is 0. The van der Waals surface area contributed by atoms with Crippen LogP contribution in [0.15, 0.2) is 30.5 Å². The Kier molecular flexibility index (Phi) is 2.24. The average molecular weight is 216 g/mol. The average Bonchev–Trinajstić information content (AvgIpc) is 2.72. The van der Waals surface area contributed by atoms with Crippen LogP contribution in [0.25, 0.3) is 11.4 Å². The van der Waals surface area contributed by atoms with E-state index in [2.05, 4.69) is 9.55 Å². The first-order valence-electron chi connectivity index (χ1n) is 5.65. The van der Waals surface area contributed by atoms with Crippen LogP contribution >= 0.6 is 0 Å². The van der Waals surface area contributed by atoms with Crippen LogP contribution in [0, 0.1) is 5.82 Å². The predicted octanol–water partition coefficient (Wildman–Crippen LogP) is 3.03. The number of imidazole rings is 1. The van der Waals surface area contributed by atoms with Gasteiger partial charge in [-0.1, -0.05) is 12.1 Å². The fourth-order valence-corrected chi connectivity index (χ4v) is 2.29. The van der Waals surface area contributed by atoms with Gasteiger partial charge in [0.05, 0.1) is 0 Å². The topological polar surface area (TPSA) is 17.8 Å². The molecule has 1 aromatic heterocycles. The zero-order chi connectivity index (χ0) is 11.0. The van der Waals surface area contributed by atoms with E-state index in [1.165, 1.54) is 24.6 Å². The molecule has 82 valence electrons. The summed E-state index contributed by atoms with van der Waals surface area (Å²) in [6.45, 7) is 1.00. The van der Waals surface area contributed by atoms with Gasteiger partial charge in [0.25, 0.3) is 0 Å². The molecule has 2 nitrogen and oxygen atoms in total. The molecule has 0 atom stereocenters. The van der Waals surface area contributed by atoms with Crippen LogP contribution < -0.4 is 0 Å². The van der Waals surface area contributed by atoms with Gasteiger partial charge in [0.1, 0.15) is 11.6 Å². The normalized spacial score (nSPS) is 14.8. The number of aryl methyl sites for hydroxylation is 1. The molecule has 16 heavy (non-hydrogen) atoms. The van der Waals surface area contributed by atoms with E-state index >= 15 is 0 Å². The molecular weight excluding hydrogens is 203 g/mol. The first-order valence-corrected chi connectivity index (χ1v) is 5.65. The van der Waals surface area contributed by atoms with Crippen molar-refractivity contribution in [3.63, 3.8) is 0 Å². The molecule has 0 fully saturated rings. The van der Waals surface area contributed by atoms with Crippen LogP contribution in [0.4, 0.5) is 4.39 Å². The molecule has 0 spiro atoms. The molecule has 2 heterocycles. The van der Waals surface area contributed by atoms with Crippen molar-refractivity contribution >= 4 is 0 Å². The fourth-order valence-electron chi connectivity index (χ4n) is 2.29. The third-order valence-electron chi connectivity index (χ3n) is 3.09. The number of halogens is 1. The molecule has 0 saturated heterocycles. The summed E-state index contributed by atoms with van der Waals surface area (Å²) in [5.74, 6) is 0.694. The van der Waals surface area contributed by atoms with E-state index in [0.717, 1.165) is 24.4 Å². The molecule has 2 aromatic rings. The number of rotatable bonds is 1. The third-order valence-corrected chi connectivity index (χ3v) is 3.09. The molecule has 0 radical (unpaired) electrons. The van der Waals surface area contributed by atoms with Crippen molar-refractivity contribution in [2.24, 2.45) is 0 Å². The molecule has 1 aliphatic rings. The maximum Gasteiger partial charge on any atom is 0.140 e. The second kappa shape index (κ2) is 3.74. The van der Waals surface area contributed by atoms with Crippen LogP contribution in [0.2, 0.25) is 0 Å². The Labute approximate surface area is 93.7 Å². The van der Waals surface area contributed by atoms with Crippen molar-refractivity contribution in [1.82, 2.24) is 9.55 Å². The van der Waals surface area contributed by atoms with E-state index in [-0.39, 0.29) is 5.82 Å². The van der Waals surface area contributed by atoms with Crippen LogP contribution in [0.3, 0.4) is 0 Å². The van der Waals surface area contributed by atoms with E-state index in [1.807, 2.05) is 12.3 Å². The van der Waals surface area contributed by atoms with Gasteiger partial charge in [-0.15, -0.1) is 0 Å². The van der Waals surface area contributed by atoms with E-state index in [9.17, 15) is 4.39 Å². The standard InChI is InChI=1S/C13H13FN2/c14-11-5-3-4-10(8-11)13-15-9-12-6-1-2-7-16(12)13/h3-5,8-9H,1-2,6-7H2. The Morgan fingerprint density at radius 2 is 2.19 bits per heavy atom. The summed E-state index contributed by atoms with van der Waals surface area (Å²) in [6, 6.07) is 6.65. The highest BCUT2D eigenvalue weighted by Gasteiger charge is 2.15. The second-order valence-electron chi connectivity index (χ2n) is 4.19. The van der Waals surface area contributed by atoms with Crippen molar-refractivity contribution in [2.45, 2.75) is 25.8 Å². The Morgan fingerprint density at radius 1 is 1.25 bits per heavy atom. The highest BCUT2D eigenvalue weighted by atomic mass is 19.1. The van der Waals surface area contributed by atoms with Gasteiger partial charge in [-0.3, -0.25) is 0 Å². The number of hydrogen-bond acceptors (Lipinski definition) is 1. The predicted molar refractivity (Wildman–Crippen MR) is 60.6 cm³/mol. The van der Waals surface area contributed by atoms with Gasteiger partial charge in [0.15, 0.2) is 0 Å². The lowest BCUT2D eigenvalue weighted by Crippen LogP contribution is -2.10. The molecular formula is C13H13FN2. The van der Waals surface area contributed by atoms with Gasteiger partial charge >= 0.3 is 0 Å². The van der Waals surface area contributed by atoms with Crippen molar-refractivity contribution in [2.75, 3.05) is 0 Å². The van der Waals surface area contributed by atoms with Crippen LogP contribution in [0.5, 0.6) is 0 Å². The molecule has 0 aliphatic carbocycles. The monoisotopic (exact) mass is 216 g/mol. The van der Waals surface area contributed by atoms with Gasteiger partial charge in [0, 0.05) is 24.0 Å². The van der Waals surface area contributed by atoms with Gasteiger partial charge in [-0.2, -0.15) is 0 Å². The highest BCUT2D eigenvalue weighted by Crippen LogP contribution is 2.24. The summed E-state index contributed by atoms with van der Waals surface area (Å²) >= 11 is 0.